The molecule has 0 bridgehead atoms. The first kappa shape index (κ1) is 22.1. The third-order valence-corrected chi connectivity index (χ3v) is 6.92. The summed E-state index contributed by atoms with van der Waals surface area (Å²) in [4.78, 5) is 54.2. The van der Waals surface area contributed by atoms with Crippen LogP contribution in [0.4, 0.5) is 11.4 Å². The quantitative estimate of drug-likeness (QED) is 0.296. The Morgan fingerprint density at radius 3 is 2.38 bits per heavy atom. The van der Waals surface area contributed by atoms with Crippen LogP contribution in [0.15, 0.2) is 60.7 Å². The van der Waals surface area contributed by atoms with Crippen molar-refractivity contribution in [3.8, 4) is 5.75 Å². The van der Waals surface area contributed by atoms with E-state index in [2.05, 4.69) is 0 Å². The summed E-state index contributed by atoms with van der Waals surface area (Å²) in [5.41, 5.74) is 2.28. The molecule has 5 rings (SSSR count). The first-order valence-electron chi connectivity index (χ1n) is 11.7. The van der Waals surface area contributed by atoms with E-state index in [0.29, 0.717) is 18.5 Å². The number of hydrogen-bond acceptors (Lipinski definition) is 5. The Hall–Kier alpha value is -3.74. The first-order chi connectivity index (χ1) is 16.5. The summed E-state index contributed by atoms with van der Waals surface area (Å²) in [6.07, 6.45) is 5.88. The molecule has 34 heavy (non-hydrogen) atoms. The van der Waals surface area contributed by atoms with Gasteiger partial charge in [0.2, 0.25) is 17.7 Å². The van der Waals surface area contributed by atoms with Crippen LogP contribution in [0, 0.1) is 17.8 Å². The molecule has 3 atom stereocenters. The second kappa shape index (κ2) is 8.89. The summed E-state index contributed by atoms with van der Waals surface area (Å²) >= 11 is 0. The van der Waals surface area contributed by atoms with Crippen molar-refractivity contribution in [1.82, 2.24) is 0 Å². The van der Waals surface area contributed by atoms with Gasteiger partial charge in [-0.2, -0.15) is 0 Å². The molecule has 0 spiro atoms. The van der Waals surface area contributed by atoms with Crippen LogP contribution in [0.1, 0.15) is 31.7 Å². The van der Waals surface area contributed by atoms with Gasteiger partial charge in [-0.3, -0.25) is 19.2 Å². The fourth-order valence-corrected chi connectivity index (χ4v) is 5.11. The van der Waals surface area contributed by atoms with Crippen LogP contribution >= 0.6 is 0 Å². The Kier molecular flexibility index (Phi) is 5.77. The highest BCUT2D eigenvalue weighted by Crippen LogP contribution is 2.38. The van der Waals surface area contributed by atoms with E-state index in [1.807, 2.05) is 43.3 Å². The molecule has 0 N–H and O–H groups in total. The number of nitrogens with zero attached hydrogens (tertiary/aromatic N) is 2. The van der Waals surface area contributed by atoms with Crippen LogP contribution in [-0.4, -0.2) is 30.2 Å². The molecule has 2 fully saturated rings. The lowest BCUT2D eigenvalue weighted by Gasteiger charge is -2.20. The second-order valence-corrected chi connectivity index (χ2v) is 8.97. The summed E-state index contributed by atoms with van der Waals surface area (Å²) in [6.45, 7) is 2.28. The highest BCUT2D eigenvalue weighted by Gasteiger charge is 2.48. The van der Waals surface area contributed by atoms with Crippen molar-refractivity contribution < 1.29 is 23.9 Å². The number of ether oxygens (including phenoxy) is 1. The van der Waals surface area contributed by atoms with Crippen LogP contribution in [0.25, 0.3) is 0 Å². The SMILES string of the molecule is CCc1ccccc1N1C[C@H](C(=O)Oc2cccc(N3C(=O)[C@@H]4CC=CC[C@H]4C3=O)c2)CC1=O. The molecule has 0 radical (unpaired) electrons. The maximum Gasteiger partial charge on any atom is 0.316 e. The standard InChI is InChI=1S/C27H26N2O5/c1-2-17-8-3-6-13-23(17)28-16-18(14-24(28)30)27(33)34-20-10-7-9-19(15-20)29-25(31)21-11-4-5-12-22(21)26(29)32/h3-10,13,15,18,21-22H,2,11-12,14,16H2,1H3/t18-,21-,22-/m1/s1. The summed E-state index contributed by atoms with van der Waals surface area (Å²) in [7, 11) is 0. The number of rotatable bonds is 5. The second-order valence-electron chi connectivity index (χ2n) is 8.97. The minimum atomic E-state index is -0.593. The van der Waals surface area contributed by atoms with Crippen LogP contribution in [0.2, 0.25) is 0 Å². The number of carbonyl (C=O) groups is 4. The fourth-order valence-electron chi connectivity index (χ4n) is 5.11. The first-order valence-corrected chi connectivity index (χ1v) is 11.7. The zero-order valence-electron chi connectivity index (χ0n) is 19.0. The number of allylic oxidation sites excluding steroid dienone is 2. The summed E-state index contributed by atoms with van der Waals surface area (Å²) < 4.78 is 5.60. The van der Waals surface area contributed by atoms with Gasteiger partial charge in [-0.1, -0.05) is 43.3 Å². The normalized spacial score (nSPS) is 24.0. The van der Waals surface area contributed by atoms with E-state index >= 15 is 0 Å². The van der Waals surface area contributed by atoms with E-state index in [4.69, 9.17) is 4.74 Å². The number of anilines is 2. The molecule has 2 heterocycles. The Morgan fingerprint density at radius 2 is 1.68 bits per heavy atom. The topological polar surface area (TPSA) is 84.0 Å². The van der Waals surface area contributed by atoms with Crippen molar-refractivity contribution in [3.05, 3.63) is 66.2 Å². The number of imide groups is 1. The number of para-hydroxylation sites is 1. The van der Waals surface area contributed by atoms with Gasteiger partial charge in [0.15, 0.2) is 0 Å². The molecule has 7 heteroatoms. The van der Waals surface area contributed by atoms with Crippen molar-refractivity contribution >= 4 is 35.1 Å². The highest BCUT2D eigenvalue weighted by atomic mass is 16.5. The number of carbonyl (C=O) groups excluding carboxylic acids is 4. The van der Waals surface area contributed by atoms with E-state index < -0.39 is 11.9 Å². The molecule has 1 aliphatic carbocycles. The third-order valence-electron chi connectivity index (χ3n) is 6.92. The smallest absolute Gasteiger partial charge is 0.316 e. The lowest BCUT2D eigenvalue weighted by Crippen LogP contribution is -2.31. The lowest BCUT2D eigenvalue weighted by molar-refractivity contribution is -0.139. The molecule has 0 unspecified atom stereocenters. The minimum Gasteiger partial charge on any atom is -0.426 e. The highest BCUT2D eigenvalue weighted by molar-refractivity contribution is 6.22. The Bertz CT molecular complexity index is 1180. The van der Waals surface area contributed by atoms with Crippen LogP contribution in [0.5, 0.6) is 5.75 Å². The molecule has 0 saturated carbocycles. The van der Waals surface area contributed by atoms with Crippen LogP contribution in [0.3, 0.4) is 0 Å². The molecule has 2 saturated heterocycles. The molecule has 2 aromatic carbocycles. The van der Waals surface area contributed by atoms with E-state index in [1.54, 1.807) is 29.2 Å². The monoisotopic (exact) mass is 458 g/mol. The van der Waals surface area contributed by atoms with Crippen molar-refractivity contribution in [2.75, 3.05) is 16.3 Å². The van der Waals surface area contributed by atoms with Crippen molar-refractivity contribution in [2.45, 2.75) is 32.6 Å². The molecule has 3 amide bonds. The summed E-state index contributed by atoms with van der Waals surface area (Å²) in [5.74, 6) is -2.04. The van der Waals surface area contributed by atoms with Gasteiger partial charge in [-0.25, -0.2) is 4.90 Å². The zero-order chi connectivity index (χ0) is 23.8. The average molecular weight is 459 g/mol. The number of amides is 3. The predicted octanol–water partition coefficient (Wildman–Crippen LogP) is 3.66. The lowest BCUT2D eigenvalue weighted by atomic mass is 9.85. The molecule has 2 aliphatic heterocycles. The summed E-state index contributed by atoms with van der Waals surface area (Å²) in [5, 5.41) is 0. The van der Waals surface area contributed by atoms with E-state index in [-0.39, 0.29) is 48.3 Å². The molecule has 0 aromatic heterocycles. The molecule has 174 valence electrons. The molecular formula is C27H26N2O5. The van der Waals surface area contributed by atoms with Gasteiger partial charge < -0.3 is 9.64 Å². The average Bonchev–Trinajstić information content (AvgIpc) is 3.36. The van der Waals surface area contributed by atoms with Gasteiger partial charge in [0.1, 0.15) is 5.75 Å². The van der Waals surface area contributed by atoms with Gasteiger partial charge >= 0.3 is 5.97 Å². The van der Waals surface area contributed by atoms with Crippen molar-refractivity contribution in [2.24, 2.45) is 17.8 Å². The van der Waals surface area contributed by atoms with Gasteiger partial charge in [-0.05, 0) is 43.0 Å². The van der Waals surface area contributed by atoms with Gasteiger partial charge in [0.05, 0.1) is 23.4 Å². The van der Waals surface area contributed by atoms with Crippen molar-refractivity contribution in [3.63, 3.8) is 0 Å². The van der Waals surface area contributed by atoms with Gasteiger partial charge in [0.25, 0.3) is 0 Å². The minimum absolute atomic E-state index is 0.0794. The summed E-state index contributed by atoms with van der Waals surface area (Å²) in [6, 6.07) is 14.2. The largest absolute Gasteiger partial charge is 0.426 e. The van der Waals surface area contributed by atoms with E-state index in [9.17, 15) is 19.2 Å². The Morgan fingerprint density at radius 1 is 0.971 bits per heavy atom. The number of hydrogen-bond donors (Lipinski definition) is 0. The number of esters is 1. The molecule has 7 nitrogen and oxygen atoms in total. The van der Waals surface area contributed by atoms with E-state index in [0.717, 1.165) is 17.7 Å². The van der Waals surface area contributed by atoms with Crippen LogP contribution < -0.4 is 14.5 Å². The molecule has 3 aliphatic rings. The van der Waals surface area contributed by atoms with Gasteiger partial charge in [0, 0.05) is 24.7 Å². The Balaban J connectivity index is 1.30. The van der Waals surface area contributed by atoms with Crippen molar-refractivity contribution in [1.29, 1.82) is 0 Å². The maximum atomic E-state index is 12.9. The fraction of sp³-hybridized carbons (Fsp3) is 0.333. The Labute approximate surface area is 198 Å². The van der Waals surface area contributed by atoms with Crippen LogP contribution in [-0.2, 0) is 25.6 Å². The number of aryl methyl sites for hydroxylation is 1. The third kappa shape index (κ3) is 3.81. The van der Waals surface area contributed by atoms with Gasteiger partial charge in [-0.15, -0.1) is 0 Å². The molecular weight excluding hydrogens is 432 g/mol. The molecule has 2 aromatic rings. The maximum absolute atomic E-state index is 12.9. The number of benzene rings is 2. The van der Waals surface area contributed by atoms with E-state index in [1.165, 1.54) is 4.90 Å². The number of fused-ring (bicyclic) bond motifs is 1. The zero-order valence-corrected chi connectivity index (χ0v) is 19.0. The predicted molar refractivity (Wildman–Crippen MR) is 126 cm³/mol.